The van der Waals surface area contributed by atoms with Gasteiger partial charge in [0.2, 0.25) is 0 Å². The van der Waals surface area contributed by atoms with Gasteiger partial charge in [-0.05, 0) is 24.3 Å². The molecule has 0 saturated heterocycles. The van der Waals surface area contributed by atoms with E-state index in [-0.39, 0.29) is 10.8 Å². The van der Waals surface area contributed by atoms with Crippen molar-refractivity contribution < 1.29 is 18.7 Å². The molecule has 0 aliphatic rings. The fourth-order valence-electron chi connectivity index (χ4n) is 1.75. The Morgan fingerprint density at radius 1 is 1.27 bits per heavy atom. The third-order valence-electron chi connectivity index (χ3n) is 2.70. The third-order valence-corrected chi connectivity index (χ3v) is 3.47. The number of amides is 3. The Hall–Kier alpha value is -2.18. The van der Waals surface area contributed by atoms with E-state index in [2.05, 4.69) is 0 Å². The van der Waals surface area contributed by atoms with Crippen LogP contribution in [0.15, 0.2) is 34.9 Å². The van der Waals surface area contributed by atoms with Gasteiger partial charge in [0.1, 0.15) is 11.5 Å². The average molecular weight is 343 g/mol. The van der Waals surface area contributed by atoms with Crippen molar-refractivity contribution in [2.75, 3.05) is 6.61 Å². The fourth-order valence-corrected chi connectivity index (χ4v) is 2.31. The summed E-state index contributed by atoms with van der Waals surface area (Å²) < 4.78 is 10.5. The molecule has 2 rings (SSSR count). The number of ether oxygens (including phenoxy) is 1. The highest BCUT2D eigenvalue weighted by atomic mass is 35.5. The fraction of sp³-hybridized carbons (Fsp3) is 0.143. The van der Waals surface area contributed by atoms with Crippen LogP contribution in [-0.4, -0.2) is 18.5 Å². The quantitative estimate of drug-likeness (QED) is 0.873. The van der Waals surface area contributed by atoms with Gasteiger partial charge in [-0.2, -0.15) is 0 Å². The maximum absolute atomic E-state index is 11.3. The van der Waals surface area contributed by atoms with Crippen LogP contribution in [0.2, 0.25) is 10.0 Å². The van der Waals surface area contributed by atoms with Gasteiger partial charge in [-0.1, -0.05) is 23.2 Å². The summed E-state index contributed by atoms with van der Waals surface area (Å²) in [4.78, 5) is 21.9. The van der Waals surface area contributed by atoms with Gasteiger partial charge in [-0.15, -0.1) is 0 Å². The summed E-state index contributed by atoms with van der Waals surface area (Å²) in [5, 5.41) is 2.61. The number of nitrogens with two attached hydrogens (primary N) is 1. The Labute approximate surface area is 136 Å². The van der Waals surface area contributed by atoms with Crippen LogP contribution in [0.4, 0.5) is 4.79 Å². The molecule has 3 N–H and O–H groups in total. The number of primary amides is 1. The Balaban J connectivity index is 2.12. The minimum Gasteiger partial charge on any atom is -0.482 e. The average Bonchev–Trinajstić information content (AvgIpc) is 2.95. The van der Waals surface area contributed by atoms with Crippen molar-refractivity contribution in [3.8, 4) is 5.75 Å². The number of carbonyl (C=O) groups is 2. The van der Waals surface area contributed by atoms with Crippen LogP contribution in [0.3, 0.4) is 0 Å². The summed E-state index contributed by atoms with van der Waals surface area (Å²) in [5.74, 6) is 0.283. The van der Waals surface area contributed by atoms with E-state index < -0.39 is 18.5 Å². The summed E-state index contributed by atoms with van der Waals surface area (Å²) in [6, 6.07) is 5.74. The number of carbonyl (C=O) groups excluding carboxylic acids is 2. The molecule has 2 aromatic rings. The number of nitrogens with one attached hydrogen (secondary N) is 1. The first-order valence-corrected chi connectivity index (χ1v) is 6.94. The largest absolute Gasteiger partial charge is 0.482 e. The lowest BCUT2D eigenvalue weighted by Gasteiger charge is -2.12. The van der Waals surface area contributed by atoms with E-state index in [1.54, 1.807) is 24.5 Å². The lowest BCUT2D eigenvalue weighted by atomic mass is 10.1. The second-order valence-electron chi connectivity index (χ2n) is 4.30. The van der Waals surface area contributed by atoms with Crippen molar-refractivity contribution >= 4 is 35.1 Å². The minimum absolute atomic E-state index is 0.271. The van der Waals surface area contributed by atoms with Crippen LogP contribution in [0, 0.1) is 0 Å². The van der Waals surface area contributed by atoms with Crippen molar-refractivity contribution in [1.82, 2.24) is 5.32 Å². The molecule has 116 valence electrons. The molecule has 1 aromatic carbocycles. The molecule has 22 heavy (non-hydrogen) atoms. The first-order chi connectivity index (χ1) is 10.5. The maximum Gasteiger partial charge on any atom is 0.318 e. The van der Waals surface area contributed by atoms with Crippen LogP contribution >= 0.6 is 23.2 Å². The molecule has 8 heteroatoms. The van der Waals surface area contributed by atoms with Gasteiger partial charge in [-0.3, -0.25) is 10.1 Å². The van der Waals surface area contributed by atoms with E-state index in [9.17, 15) is 9.59 Å². The van der Waals surface area contributed by atoms with Crippen LogP contribution in [0.25, 0.3) is 0 Å². The van der Waals surface area contributed by atoms with Crippen molar-refractivity contribution in [1.29, 1.82) is 0 Å². The zero-order valence-corrected chi connectivity index (χ0v) is 12.8. The molecule has 6 nitrogen and oxygen atoms in total. The van der Waals surface area contributed by atoms with Gasteiger partial charge >= 0.3 is 6.03 Å². The SMILES string of the molecule is NC(=O)NC(=O)COc1ccc(Cl)c(Cc2ccco2)c1Cl. The van der Waals surface area contributed by atoms with Crippen molar-refractivity contribution in [2.24, 2.45) is 5.73 Å². The number of hydrogen-bond donors (Lipinski definition) is 2. The van der Waals surface area contributed by atoms with Gasteiger partial charge in [0.05, 0.1) is 11.3 Å². The molecule has 0 bridgehead atoms. The lowest BCUT2D eigenvalue weighted by molar-refractivity contribution is -0.121. The standard InChI is InChI=1S/C14H12Cl2N2O4/c15-10-3-4-11(22-7-12(19)18-14(17)20)13(16)9(10)6-8-2-1-5-21-8/h1-5H,6-7H2,(H3,17,18,19,20). The second-order valence-corrected chi connectivity index (χ2v) is 5.08. The number of halogens is 2. The number of hydrogen-bond acceptors (Lipinski definition) is 4. The molecule has 1 heterocycles. The number of benzene rings is 1. The van der Waals surface area contributed by atoms with Crippen LogP contribution in [0.1, 0.15) is 11.3 Å². The molecular formula is C14H12Cl2N2O4. The van der Waals surface area contributed by atoms with Gasteiger partial charge in [-0.25, -0.2) is 4.79 Å². The monoisotopic (exact) mass is 342 g/mol. The number of urea groups is 1. The van der Waals surface area contributed by atoms with Crippen LogP contribution in [-0.2, 0) is 11.2 Å². The Kier molecular flexibility index (Phi) is 5.30. The molecular weight excluding hydrogens is 331 g/mol. The molecule has 0 saturated carbocycles. The highest BCUT2D eigenvalue weighted by molar-refractivity contribution is 6.37. The van der Waals surface area contributed by atoms with Crippen LogP contribution in [0.5, 0.6) is 5.75 Å². The summed E-state index contributed by atoms with van der Waals surface area (Å²) >= 11 is 12.4. The molecule has 0 radical (unpaired) electrons. The highest BCUT2D eigenvalue weighted by Crippen LogP contribution is 2.35. The Bertz CT molecular complexity index is 686. The highest BCUT2D eigenvalue weighted by Gasteiger charge is 2.15. The number of furan rings is 1. The van der Waals surface area contributed by atoms with Crippen molar-refractivity contribution in [3.05, 3.63) is 51.9 Å². The predicted molar refractivity (Wildman–Crippen MR) is 81.2 cm³/mol. The zero-order chi connectivity index (χ0) is 16.1. The van der Waals surface area contributed by atoms with E-state index in [0.717, 1.165) is 0 Å². The Morgan fingerprint density at radius 3 is 2.68 bits per heavy atom. The normalized spacial score (nSPS) is 10.3. The van der Waals surface area contributed by atoms with Gasteiger partial charge < -0.3 is 14.9 Å². The van der Waals surface area contributed by atoms with E-state index in [1.165, 1.54) is 6.07 Å². The molecule has 0 atom stereocenters. The minimum atomic E-state index is -0.950. The van der Waals surface area contributed by atoms with E-state index >= 15 is 0 Å². The zero-order valence-electron chi connectivity index (χ0n) is 11.3. The van der Waals surface area contributed by atoms with Crippen molar-refractivity contribution in [2.45, 2.75) is 6.42 Å². The molecule has 0 aliphatic carbocycles. The smallest absolute Gasteiger partial charge is 0.318 e. The van der Waals surface area contributed by atoms with Gasteiger partial charge in [0.15, 0.2) is 6.61 Å². The number of imide groups is 1. The van der Waals surface area contributed by atoms with Gasteiger partial charge in [0, 0.05) is 17.0 Å². The molecule has 0 spiro atoms. The van der Waals surface area contributed by atoms with E-state index in [1.807, 2.05) is 5.32 Å². The summed E-state index contributed by atoms with van der Waals surface area (Å²) in [6.07, 6.45) is 1.93. The number of rotatable bonds is 5. The molecule has 1 aromatic heterocycles. The molecule has 3 amide bonds. The van der Waals surface area contributed by atoms with E-state index in [0.29, 0.717) is 22.8 Å². The Morgan fingerprint density at radius 2 is 2.05 bits per heavy atom. The van der Waals surface area contributed by atoms with Crippen LogP contribution < -0.4 is 15.8 Å². The second kappa shape index (κ2) is 7.20. The summed E-state index contributed by atoms with van der Waals surface area (Å²) in [7, 11) is 0. The predicted octanol–water partition coefficient (Wildman–Crippen LogP) is 2.75. The molecule has 0 fully saturated rings. The molecule has 0 aliphatic heterocycles. The maximum atomic E-state index is 11.3. The third kappa shape index (κ3) is 4.16. The first-order valence-electron chi connectivity index (χ1n) is 6.18. The summed E-state index contributed by atoms with van der Waals surface area (Å²) in [6.45, 7) is -0.398. The van der Waals surface area contributed by atoms with E-state index in [4.69, 9.17) is 38.1 Å². The summed E-state index contributed by atoms with van der Waals surface area (Å²) in [5.41, 5.74) is 5.45. The molecule has 0 unspecified atom stereocenters. The van der Waals surface area contributed by atoms with Crippen molar-refractivity contribution in [3.63, 3.8) is 0 Å². The lowest BCUT2D eigenvalue weighted by Crippen LogP contribution is -2.38. The first kappa shape index (κ1) is 16.2. The van der Waals surface area contributed by atoms with Gasteiger partial charge in [0.25, 0.3) is 5.91 Å². The topological polar surface area (TPSA) is 94.6 Å².